The molecule has 0 bridgehead atoms. The van der Waals surface area contributed by atoms with Crippen molar-refractivity contribution in [3.8, 4) is 0 Å². The highest BCUT2D eigenvalue weighted by Gasteiger charge is 2.50. The first kappa shape index (κ1) is 19.8. The summed E-state index contributed by atoms with van der Waals surface area (Å²) >= 11 is 0. The molecular formula is C19H25FN2O4S. The van der Waals surface area contributed by atoms with E-state index in [-0.39, 0.29) is 47.0 Å². The molecule has 3 atom stereocenters. The minimum Gasteiger partial charge on any atom is -0.356 e. The van der Waals surface area contributed by atoms with E-state index in [0.29, 0.717) is 37.9 Å². The molecule has 1 aliphatic heterocycles. The maximum Gasteiger partial charge on any atom is 0.226 e. The van der Waals surface area contributed by atoms with Gasteiger partial charge in [0.1, 0.15) is 5.82 Å². The summed E-state index contributed by atoms with van der Waals surface area (Å²) in [5, 5.41) is 2.77. The molecule has 0 radical (unpaired) electrons. The van der Waals surface area contributed by atoms with E-state index < -0.39 is 9.84 Å². The lowest BCUT2D eigenvalue weighted by molar-refractivity contribution is -0.136. The number of rotatable bonds is 7. The molecule has 2 fully saturated rings. The zero-order chi connectivity index (χ0) is 19.6. The largest absolute Gasteiger partial charge is 0.356 e. The average Bonchev–Trinajstić information content (AvgIpc) is 3.35. The molecule has 27 heavy (non-hydrogen) atoms. The fourth-order valence-electron chi connectivity index (χ4n) is 3.74. The SMILES string of the molecule is CCN(C(=O)C1CC1C(=O)NCCc1ccccc1F)C1CCS(=O)(=O)C1. The summed E-state index contributed by atoms with van der Waals surface area (Å²) in [6.45, 7) is 2.58. The molecule has 1 N–H and O–H groups in total. The number of benzene rings is 1. The Morgan fingerprint density at radius 1 is 1.26 bits per heavy atom. The van der Waals surface area contributed by atoms with Crippen molar-refractivity contribution >= 4 is 21.7 Å². The van der Waals surface area contributed by atoms with E-state index >= 15 is 0 Å². The van der Waals surface area contributed by atoms with Gasteiger partial charge in [0, 0.05) is 19.1 Å². The second-order valence-electron chi connectivity index (χ2n) is 7.26. The van der Waals surface area contributed by atoms with Gasteiger partial charge in [0.25, 0.3) is 0 Å². The normalized spacial score (nSPS) is 25.8. The predicted molar refractivity (Wildman–Crippen MR) is 99.2 cm³/mol. The standard InChI is InChI=1S/C19H25FN2O4S/c1-2-22(14-8-10-27(25,26)12-14)19(24)16-11-15(16)18(23)21-9-7-13-5-3-4-6-17(13)20/h3-6,14-16H,2,7-12H2,1H3,(H,21,23). The molecule has 6 nitrogen and oxygen atoms in total. The number of carbonyl (C=O) groups is 2. The third-order valence-corrected chi connectivity index (χ3v) is 7.12. The summed E-state index contributed by atoms with van der Waals surface area (Å²) in [4.78, 5) is 26.6. The lowest BCUT2D eigenvalue weighted by atomic mass is 10.1. The molecule has 1 heterocycles. The zero-order valence-electron chi connectivity index (χ0n) is 15.4. The highest BCUT2D eigenvalue weighted by molar-refractivity contribution is 7.91. The van der Waals surface area contributed by atoms with Crippen LogP contribution in [-0.4, -0.2) is 55.8 Å². The lowest BCUT2D eigenvalue weighted by Gasteiger charge is -2.27. The van der Waals surface area contributed by atoms with Gasteiger partial charge in [0.05, 0.1) is 23.3 Å². The number of carbonyl (C=O) groups excluding carboxylic acids is 2. The van der Waals surface area contributed by atoms with Crippen LogP contribution in [0.2, 0.25) is 0 Å². The molecule has 3 unspecified atom stereocenters. The quantitative estimate of drug-likeness (QED) is 0.750. The first-order chi connectivity index (χ1) is 12.8. The molecule has 0 aromatic heterocycles. The molecule has 1 saturated heterocycles. The lowest BCUT2D eigenvalue weighted by Crippen LogP contribution is -2.42. The second-order valence-corrected chi connectivity index (χ2v) is 9.49. The summed E-state index contributed by atoms with van der Waals surface area (Å²) in [5.74, 6) is -1.23. The molecule has 1 aromatic rings. The van der Waals surface area contributed by atoms with Crippen LogP contribution in [0.3, 0.4) is 0 Å². The van der Waals surface area contributed by atoms with Crippen molar-refractivity contribution in [2.75, 3.05) is 24.6 Å². The molecular weight excluding hydrogens is 371 g/mol. The summed E-state index contributed by atoms with van der Waals surface area (Å²) in [6.07, 6.45) is 1.35. The van der Waals surface area contributed by atoms with Crippen molar-refractivity contribution in [1.29, 1.82) is 0 Å². The fourth-order valence-corrected chi connectivity index (χ4v) is 5.47. The Balaban J connectivity index is 1.48. The Kier molecular flexibility index (Phi) is 5.83. The van der Waals surface area contributed by atoms with E-state index in [1.165, 1.54) is 6.07 Å². The van der Waals surface area contributed by atoms with Crippen molar-refractivity contribution in [3.63, 3.8) is 0 Å². The topological polar surface area (TPSA) is 83.6 Å². The third-order valence-electron chi connectivity index (χ3n) is 5.37. The van der Waals surface area contributed by atoms with Gasteiger partial charge in [-0.3, -0.25) is 9.59 Å². The number of hydrogen-bond donors (Lipinski definition) is 1. The van der Waals surface area contributed by atoms with Crippen LogP contribution in [0, 0.1) is 17.7 Å². The van der Waals surface area contributed by atoms with Crippen LogP contribution in [0.25, 0.3) is 0 Å². The van der Waals surface area contributed by atoms with Crippen molar-refractivity contribution in [3.05, 3.63) is 35.6 Å². The van der Waals surface area contributed by atoms with Crippen LogP contribution in [0.5, 0.6) is 0 Å². The van der Waals surface area contributed by atoms with E-state index in [0.717, 1.165) is 0 Å². The Morgan fingerprint density at radius 3 is 2.63 bits per heavy atom. The Hall–Kier alpha value is -1.96. The molecule has 3 rings (SSSR count). The van der Waals surface area contributed by atoms with Gasteiger partial charge in [-0.05, 0) is 37.8 Å². The van der Waals surface area contributed by atoms with Crippen LogP contribution < -0.4 is 5.32 Å². The Bertz CT molecular complexity index is 827. The van der Waals surface area contributed by atoms with Crippen molar-refractivity contribution in [2.45, 2.75) is 32.2 Å². The maximum absolute atomic E-state index is 13.6. The van der Waals surface area contributed by atoms with Crippen molar-refractivity contribution in [2.24, 2.45) is 11.8 Å². The zero-order valence-corrected chi connectivity index (χ0v) is 16.2. The van der Waals surface area contributed by atoms with Gasteiger partial charge in [-0.1, -0.05) is 18.2 Å². The molecule has 1 saturated carbocycles. The van der Waals surface area contributed by atoms with Crippen LogP contribution in [0.1, 0.15) is 25.3 Å². The molecule has 2 amide bonds. The van der Waals surface area contributed by atoms with Crippen LogP contribution in [0.4, 0.5) is 4.39 Å². The van der Waals surface area contributed by atoms with E-state index in [2.05, 4.69) is 5.32 Å². The minimum absolute atomic E-state index is 0.0127. The second kappa shape index (κ2) is 7.96. The van der Waals surface area contributed by atoms with Crippen LogP contribution in [0.15, 0.2) is 24.3 Å². The minimum atomic E-state index is -3.06. The van der Waals surface area contributed by atoms with Crippen molar-refractivity contribution < 1.29 is 22.4 Å². The molecule has 2 aliphatic rings. The fraction of sp³-hybridized carbons (Fsp3) is 0.579. The van der Waals surface area contributed by atoms with Gasteiger partial charge in [-0.15, -0.1) is 0 Å². The number of halogens is 1. The van der Waals surface area contributed by atoms with Gasteiger partial charge in [0.2, 0.25) is 11.8 Å². The molecule has 148 valence electrons. The van der Waals surface area contributed by atoms with Gasteiger partial charge < -0.3 is 10.2 Å². The van der Waals surface area contributed by atoms with E-state index in [9.17, 15) is 22.4 Å². The number of nitrogens with one attached hydrogen (secondary N) is 1. The summed E-state index contributed by atoms with van der Waals surface area (Å²) in [7, 11) is -3.06. The van der Waals surface area contributed by atoms with E-state index in [1.807, 2.05) is 6.92 Å². The van der Waals surface area contributed by atoms with E-state index in [4.69, 9.17) is 0 Å². The van der Waals surface area contributed by atoms with Gasteiger partial charge in [0.15, 0.2) is 9.84 Å². The van der Waals surface area contributed by atoms with Crippen molar-refractivity contribution in [1.82, 2.24) is 10.2 Å². The number of sulfone groups is 1. The third kappa shape index (κ3) is 4.66. The van der Waals surface area contributed by atoms with E-state index in [1.54, 1.807) is 23.1 Å². The first-order valence-electron chi connectivity index (χ1n) is 9.34. The number of nitrogens with zero attached hydrogens (tertiary/aromatic N) is 1. The smallest absolute Gasteiger partial charge is 0.226 e. The van der Waals surface area contributed by atoms with Crippen LogP contribution >= 0.6 is 0 Å². The summed E-state index contributed by atoms with van der Waals surface area (Å²) in [5.41, 5.74) is 0.542. The van der Waals surface area contributed by atoms with Gasteiger partial charge >= 0.3 is 0 Å². The summed E-state index contributed by atoms with van der Waals surface area (Å²) < 4.78 is 36.9. The number of hydrogen-bond acceptors (Lipinski definition) is 4. The maximum atomic E-state index is 13.6. The predicted octanol–water partition coefficient (Wildman–Crippen LogP) is 1.16. The molecule has 8 heteroatoms. The Morgan fingerprint density at radius 2 is 2.00 bits per heavy atom. The molecule has 1 aromatic carbocycles. The monoisotopic (exact) mass is 396 g/mol. The molecule has 0 spiro atoms. The average molecular weight is 396 g/mol. The highest BCUT2D eigenvalue weighted by atomic mass is 32.2. The highest BCUT2D eigenvalue weighted by Crippen LogP contribution is 2.41. The first-order valence-corrected chi connectivity index (χ1v) is 11.2. The molecule has 1 aliphatic carbocycles. The van der Waals surface area contributed by atoms with Gasteiger partial charge in [-0.25, -0.2) is 12.8 Å². The Labute approximate surface area is 159 Å². The summed E-state index contributed by atoms with van der Waals surface area (Å²) in [6, 6.07) is 6.15. The van der Waals surface area contributed by atoms with Crippen LogP contribution in [-0.2, 0) is 25.8 Å². The number of amides is 2. The van der Waals surface area contributed by atoms with Gasteiger partial charge in [-0.2, -0.15) is 0 Å².